The third kappa shape index (κ3) is 1.92. The summed E-state index contributed by atoms with van der Waals surface area (Å²) < 4.78 is 0. The summed E-state index contributed by atoms with van der Waals surface area (Å²) in [6, 6.07) is 4.41. The predicted molar refractivity (Wildman–Crippen MR) is 68.5 cm³/mol. The van der Waals surface area contributed by atoms with Crippen molar-refractivity contribution in [1.82, 2.24) is 0 Å². The second-order valence-corrected chi connectivity index (χ2v) is 5.31. The summed E-state index contributed by atoms with van der Waals surface area (Å²) in [6.07, 6.45) is 4.20. The Morgan fingerprint density at radius 1 is 1.12 bits per heavy atom. The fraction of sp³-hybridized carbons (Fsp3) is 0.467. The van der Waals surface area contributed by atoms with E-state index in [1.165, 1.54) is 22.3 Å². The number of hydrogen-bond acceptors (Lipinski definition) is 1. The van der Waals surface area contributed by atoms with Crippen LogP contribution in [0, 0.1) is 13.8 Å². The van der Waals surface area contributed by atoms with Gasteiger partial charge in [-0.15, -0.1) is 0 Å². The molecule has 0 spiro atoms. The van der Waals surface area contributed by atoms with E-state index in [1.54, 1.807) is 0 Å². The summed E-state index contributed by atoms with van der Waals surface area (Å²) in [6.45, 7) is 8.05. The third-order valence-corrected chi connectivity index (χ3v) is 3.64. The average Bonchev–Trinajstić information content (AvgIpc) is 2.22. The summed E-state index contributed by atoms with van der Waals surface area (Å²) >= 11 is 0. The van der Waals surface area contributed by atoms with Crippen molar-refractivity contribution in [2.45, 2.75) is 46.1 Å². The van der Waals surface area contributed by atoms with Crippen LogP contribution in [0.4, 0.5) is 0 Å². The highest BCUT2D eigenvalue weighted by Gasteiger charge is 2.23. The van der Waals surface area contributed by atoms with Gasteiger partial charge in [-0.1, -0.05) is 18.2 Å². The molecule has 1 heteroatoms. The van der Waals surface area contributed by atoms with Crippen molar-refractivity contribution in [1.29, 1.82) is 0 Å². The minimum atomic E-state index is -0.687. The zero-order chi connectivity index (χ0) is 11.9. The minimum absolute atomic E-state index is 0.687. The number of benzene rings is 1. The third-order valence-electron chi connectivity index (χ3n) is 3.64. The first kappa shape index (κ1) is 11.4. The van der Waals surface area contributed by atoms with Crippen LogP contribution in [0.15, 0.2) is 17.7 Å². The van der Waals surface area contributed by atoms with Crippen LogP contribution in [0.1, 0.15) is 42.5 Å². The fourth-order valence-electron chi connectivity index (χ4n) is 2.31. The van der Waals surface area contributed by atoms with Crippen LogP contribution in [0.3, 0.4) is 0 Å². The molecule has 1 aliphatic rings. The van der Waals surface area contributed by atoms with Crippen molar-refractivity contribution in [2.75, 3.05) is 0 Å². The zero-order valence-electron chi connectivity index (χ0n) is 10.6. The van der Waals surface area contributed by atoms with Crippen LogP contribution in [0.25, 0.3) is 6.08 Å². The lowest BCUT2D eigenvalue weighted by molar-refractivity contribution is 0.117. The molecule has 86 valence electrons. The molecule has 0 aliphatic heterocycles. The van der Waals surface area contributed by atoms with Crippen LogP contribution >= 0.6 is 0 Å². The molecule has 1 N–H and O–H groups in total. The molecule has 0 heterocycles. The lowest BCUT2D eigenvalue weighted by Crippen LogP contribution is -2.24. The van der Waals surface area contributed by atoms with E-state index in [9.17, 15) is 5.11 Å². The lowest BCUT2D eigenvalue weighted by Gasteiger charge is -2.27. The monoisotopic (exact) mass is 216 g/mol. The number of aliphatic hydroxyl groups is 1. The Kier molecular flexibility index (Phi) is 2.67. The van der Waals surface area contributed by atoms with E-state index in [0.717, 1.165) is 18.4 Å². The highest BCUT2D eigenvalue weighted by atomic mass is 16.3. The van der Waals surface area contributed by atoms with Gasteiger partial charge in [0.15, 0.2) is 0 Å². The molecule has 0 unspecified atom stereocenters. The molecule has 1 nitrogen and oxygen atoms in total. The van der Waals surface area contributed by atoms with Crippen LogP contribution < -0.4 is 0 Å². The van der Waals surface area contributed by atoms with Crippen molar-refractivity contribution < 1.29 is 5.11 Å². The molecule has 2 rings (SSSR count). The zero-order valence-corrected chi connectivity index (χ0v) is 10.6. The smallest absolute Gasteiger partial charge is 0.0804 e. The standard InChI is InChI=1S/C15H20O/c1-10-5-6-12-7-8-13(15(3,4)16)9-14(12)11(10)2/h5-6,9,16H,7-8H2,1-4H3. The van der Waals surface area contributed by atoms with Crippen LogP contribution in [0.2, 0.25) is 0 Å². The van der Waals surface area contributed by atoms with Gasteiger partial charge >= 0.3 is 0 Å². The van der Waals surface area contributed by atoms with Crippen molar-refractivity contribution in [3.63, 3.8) is 0 Å². The van der Waals surface area contributed by atoms with Gasteiger partial charge in [-0.2, -0.15) is 0 Å². The quantitative estimate of drug-likeness (QED) is 0.762. The molecule has 0 bridgehead atoms. The van der Waals surface area contributed by atoms with Gasteiger partial charge in [0, 0.05) is 0 Å². The maximum Gasteiger partial charge on any atom is 0.0804 e. The van der Waals surface area contributed by atoms with E-state index in [4.69, 9.17) is 0 Å². The van der Waals surface area contributed by atoms with E-state index in [2.05, 4.69) is 32.1 Å². The molecule has 1 aliphatic carbocycles. The van der Waals surface area contributed by atoms with Crippen molar-refractivity contribution >= 4 is 6.08 Å². The normalized spacial score (nSPS) is 15.7. The number of aryl methyl sites for hydroxylation is 2. The van der Waals surface area contributed by atoms with Gasteiger partial charge in [0.1, 0.15) is 0 Å². The molecular formula is C15H20O. The Bertz CT molecular complexity index is 447. The molecule has 0 atom stereocenters. The lowest BCUT2D eigenvalue weighted by atomic mass is 9.82. The van der Waals surface area contributed by atoms with Gasteiger partial charge in [-0.05, 0) is 68.4 Å². The first-order valence-electron chi connectivity index (χ1n) is 5.92. The summed E-state index contributed by atoms with van der Waals surface area (Å²) in [7, 11) is 0. The van der Waals surface area contributed by atoms with Gasteiger partial charge in [-0.3, -0.25) is 0 Å². The Morgan fingerprint density at radius 2 is 1.81 bits per heavy atom. The van der Waals surface area contributed by atoms with E-state index in [0.29, 0.717) is 0 Å². The second-order valence-electron chi connectivity index (χ2n) is 5.31. The van der Waals surface area contributed by atoms with E-state index >= 15 is 0 Å². The van der Waals surface area contributed by atoms with Gasteiger partial charge in [0.25, 0.3) is 0 Å². The highest BCUT2D eigenvalue weighted by molar-refractivity contribution is 5.65. The van der Waals surface area contributed by atoms with Crippen molar-refractivity contribution in [3.05, 3.63) is 40.0 Å². The molecule has 0 amide bonds. The molecule has 0 fully saturated rings. The number of hydrogen-bond donors (Lipinski definition) is 1. The largest absolute Gasteiger partial charge is 0.386 e. The maximum atomic E-state index is 10.1. The van der Waals surface area contributed by atoms with Gasteiger partial charge in [-0.25, -0.2) is 0 Å². The maximum absolute atomic E-state index is 10.1. The Balaban J connectivity index is 2.54. The molecule has 1 aromatic rings. The van der Waals surface area contributed by atoms with E-state index < -0.39 is 5.60 Å². The Labute approximate surface area is 97.8 Å². The van der Waals surface area contributed by atoms with Crippen LogP contribution in [-0.2, 0) is 6.42 Å². The van der Waals surface area contributed by atoms with Gasteiger partial charge in [0.2, 0.25) is 0 Å². The Morgan fingerprint density at radius 3 is 2.44 bits per heavy atom. The minimum Gasteiger partial charge on any atom is -0.386 e. The van der Waals surface area contributed by atoms with Crippen molar-refractivity contribution in [3.8, 4) is 0 Å². The molecule has 0 saturated heterocycles. The predicted octanol–water partition coefficient (Wildman–Crippen LogP) is 3.40. The number of fused-ring (bicyclic) bond motifs is 1. The fourth-order valence-corrected chi connectivity index (χ4v) is 2.31. The molecule has 1 aromatic carbocycles. The highest BCUT2D eigenvalue weighted by Crippen LogP contribution is 2.32. The SMILES string of the molecule is Cc1ccc2c(c1C)C=C(C(C)(C)O)CC2. The molecule has 0 radical (unpaired) electrons. The van der Waals surface area contributed by atoms with Gasteiger partial charge < -0.3 is 5.11 Å². The molecule has 0 aromatic heterocycles. The van der Waals surface area contributed by atoms with Crippen LogP contribution in [0.5, 0.6) is 0 Å². The van der Waals surface area contributed by atoms with Crippen molar-refractivity contribution in [2.24, 2.45) is 0 Å². The molecular weight excluding hydrogens is 196 g/mol. The summed E-state index contributed by atoms with van der Waals surface area (Å²) in [5, 5.41) is 10.1. The average molecular weight is 216 g/mol. The Hall–Kier alpha value is -1.08. The van der Waals surface area contributed by atoms with Crippen LogP contribution in [-0.4, -0.2) is 10.7 Å². The molecule has 0 saturated carbocycles. The van der Waals surface area contributed by atoms with Gasteiger partial charge in [0.05, 0.1) is 5.60 Å². The summed E-state index contributed by atoms with van der Waals surface area (Å²) in [5.41, 5.74) is 5.87. The van der Waals surface area contributed by atoms with E-state index in [-0.39, 0.29) is 0 Å². The summed E-state index contributed by atoms with van der Waals surface area (Å²) in [5.74, 6) is 0. The molecule has 16 heavy (non-hydrogen) atoms. The van der Waals surface area contributed by atoms with E-state index in [1.807, 2.05) is 13.8 Å². The first-order valence-corrected chi connectivity index (χ1v) is 5.92. The summed E-state index contributed by atoms with van der Waals surface area (Å²) in [4.78, 5) is 0. The second kappa shape index (κ2) is 3.74. The first-order chi connectivity index (χ1) is 7.39. The topological polar surface area (TPSA) is 20.2 Å². The number of rotatable bonds is 1.